The minimum atomic E-state index is -0.202. The second-order valence-corrected chi connectivity index (χ2v) is 8.09. The molecule has 5 rings (SSSR count). The summed E-state index contributed by atoms with van der Waals surface area (Å²) in [6, 6.07) is 23.2. The Morgan fingerprint density at radius 2 is 1.72 bits per heavy atom. The highest BCUT2D eigenvalue weighted by atomic mass is 35.5. The average Bonchev–Trinajstić information content (AvgIpc) is 3.12. The number of rotatable bonds is 2. The summed E-state index contributed by atoms with van der Waals surface area (Å²) in [4.78, 5) is 19.0. The molecule has 1 aromatic heterocycles. The number of H-pyrrole nitrogens is 1. The summed E-state index contributed by atoms with van der Waals surface area (Å²) in [5.74, 6) is -0.0928. The second kappa shape index (κ2) is 7.25. The lowest BCUT2D eigenvalue weighted by molar-refractivity contribution is 0.0692. The third-order valence-electron chi connectivity index (χ3n) is 5.57. The molecule has 0 fully saturated rings. The molecule has 2 heterocycles. The smallest absolute Gasteiger partial charge is 0.256 e. The van der Waals surface area contributed by atoms with E-state index >= 15 is 0 Å². The highest BCUT2D eigenvalue weighted by Gasteiger charge is 2.35. The van der Waals surface area contributed by atoms with Gasteiger partial charge < -0.3 is 9.88 Å². The molecule has 0 saturated heterocycles. The van der Waals surface area contributed by atoms with Crippen LogP contribution in [-0.2, 0) is 6.42 Å². The Bertz CT molecular complexity index is 1220. The van der Waals surface area contributed by atoms with Crippen LogP contribution in [0.25, 0.3) is 10.9 Å². The number of hydrogen-bond acceptors (Lipinski definition) is 1. The van der Waals surface area contributed by atoms with Crippen LogP contribution in [0.4, 0.5) is 0 Å². The van der Waals surface area contributed by atoms with E-state index in [9.17, 15) is 4.79 Å². The van der Waals surface area contributed by atoms with Gasteiger partial charge in [-0.3, -0.25) is 4.79 Å². The molecule has 0 radical (unpaired) electrons. The number of para-hydroxylation sites is 1. The Kier molecular flexibility index (Phi) is 4.57. The monoisotopic (exact) mass is 420 g/mol. The Morgan fingerprint density at radius 1 is 0.966 bits per heavy atom. The van der Waals surface area contributed by atoms with E-state index < -0.39 is 0 Å². The van der Waals surface area contributed by atoms with Gasteiger partial charge in [-0.1, -0.05) is 71.7 Å². The molecule has 3 aromatic carbocycles. The standard InChI is InChI=1S/C24H18Cl2N2O/c25-16-10-11-19(20(26)14-16)24(29)28-13-12-18-17-8-4-5-9-21(17)27-22(18)23(28)15-6-2-1-3-7-15/h1-11,14,23,27H,12-13H2. The van der Waals surface area contributed by atoms with Crippen molar-refractivity contribution in [1.29, 1.82) is 0 Å². The van der Waals surface area contributed by atoms with E-state index in [0.29, 0.717) is 22.2 Å². The number of aromatic amines is 1. The highest BCUT2D eigenvalue weighted by molar-refractivity contribution is 6.36. The molecule has 29 heavy (non-hydrogen) atoms. The largest absolute Gasteiger partial charge is 0.356 e. The van der Waals surface area contributed by atoms with Gasteiger partial charge in [-0.15, -0.1) is 0 Å². The lowest BCUT2D eigenvalue weighted by Gasteiger charge is -2.36. The minimum Gasteiger partial charge on any atom is -0.356 e. The van der Waals surface area contributed by atoms with Crippen LogP contribution in [0, 0.1) is 0 Å². The molecule has 0 spiro atoms. The summed E-state index contributed by atoms with van der Waals surface area (Å²) in [5, 5.41) is 2.11. The van der Waals surface area contributed by atoms with E-state index in [4.69, 9.17) is 23.2 Å². The highest BCUT2D eigenvalue weighted by Crippen LogP contribution is 2.39. The normalized spacial score (nSPS) is 16.1. The summed E-state index contributed by atoms with van der Waals surface area (Å²) in [6.07, 6.45) is 0.791. The van der Waals surface area contributed by atoms with Crippen molar-refractivity contribution in [3.63, 3.8) is 0 Å². The lowest BCUT2D eigenvalue weighted by Crippen LogP contribution is -2.40. The zero-order valence-electron chi connectivity index (χ0n) is 15.5. The molecule has 0 bridgehead atoms. The molecular formula is C24H18Cl2N2O. The fraction of sp³-hybridized carbons (Fsp3) is 0.125. The van der Waals surface area contributed by atoms with Gasteiger partial charge in [0.15, 0.2) is 0 Å². The first-order chi connectivity index (χ1) is 14.1. The van der Waals surface area contributed by atoms with Crippen molar-refractivity contribution in [2.45, 2.75) is 12.5 Å². The average molecular weight is 421 g/mol. The predicted octanol–water partition coefficient (Wildman–Crippen LogP) is 6.26. The van der Waals surface area contributed by atoms with E-state index in [1.54, 1.807) is 18.2 Å². The van der Waals surface area contributed by atoms with Crippen LogP contribution in [-0.4, -0.2) is 22.3 Å². The van der Waals surface area contributed by atoms with E-state index in [2.05, 4.69) is 35.3 Å². The Morgan fingerprint density at radius 3 is 2.52 bits per heavy atom. The molecule has 1 atom stereocenters. The lowest BCUT2D eigenvalue weighted by atomic mass is 9.91. The fourth-order valence-electron chi connectivity index (χ4n) is 4.26. The minimum absolute atomic E-state index is 0.0928. The van der Waals surface area contributed by atoms with Gasteiger partial charge in [-0.2, -0.15) is 0 Å². The third kappa shape index (κ3) is 3.11. The van der Waals surface area contributed by atoms with Crippen molar-refractivity contribution in [3.05, 3.63) is 105 Å². The molecule has 144 valence electrons. The van der Waals surface area contributed by atoms with Crippen molar-refractivity contribution in [1.82, 2.24) is 9.88 Å². The van der Waals surface area contributed by atoms with Gasteiger partial charge in [0, 0.05) is 28.2 Å². The predicted molar refractivity (Wildman–Crippen MR) is 118 cm³/mol. The van der Waals surface area contributed by atoms with Gasteiger partial charge in [0.25, 0.3) is 5.91 Å². The van der Waals surface area contributed by atoms with Gasteiger partial charge in [-0.25, -0.2) is 0 Å². The van der Waals surface area contributed by atoms with Crippen molar-refractivity contribution in [3.8, 4) is 0 Å². The number of amides is 1. The molecule has 1 aliphatic rings. The van der Waals surface area contributed by atoms with Gasteiger partial charge in [0.05, 0.1) is 16.6 Å². The van der Waals surface area contributed by atoms with Gasteiger partial charge in [-0.05, 0) is 41.8 Å². The number of fused-ring (bicyclic) bond motifs is 3. The number of aromatic nitrogens is 1. The van der Waals surface area contributed by atoms with Crippen molar-refractivity contribution in [2.24, 2.45) is 0 Å². The maximum Gasteiger partial charge on any atom is 0.256 e. The van der Waals surface area contributed by atoms with Crippen LogP contribution in [0.3, 0.4) is 0 Å². The first-order valence-electron chi connectivity index (χ1n) is 9.54. The summed E-state index contributed by atoms with van der Waals surface area (Å²) in [6.45, 7) is 0.617. The third-order valence-corrected chi connectivity index (χ3v) is 6.12. The molecule has 1 aliphatic heterocycles. The first-order valence-corrected chi connectivity index (χ1v) is 10.3. The maximum absolute atomic E-state index is 13.5. The second-order valence-electron chi connectivity index (χ2n) is 7.25. The van der Waals surface area contributed by atoms with Crippen LogP contribution < -0.4 is 0 Å². The van der Waals surface area contributed by atoms with Crippen molar-refractivity contribution in [2.75, 3.05) is 6.54 Å². The van der Waals surface area contributed by atoms with Crippen molar-refractivity contribution < 1.29 is 4.79 Å². The summed E-state index contributed by atoms with van der Waals surface area (Å²) < 4.78 is 0. The molecule has 1 amide bonds. The maximum atomic E-state index is 13.5. The number of nitrogens with zero attached hydrogens (tertiary/aromatic N) is 1. The number of carbonyl (C=O) groups excluding carboxylic acids is 1. The van der Waals surface area contributed by atoms with Gasteiger partial charge in [0.2, 0.25) is 0 Å². The molecular weight excluding hydrogens is 403 g/mol. The number of carbonyl (C=O) groups is 1. The molecule has 0 aliphatic carbocycles. The summed E-state index contributed by atoms with van der Waals surface area (Å²) in [5.41, 5.74) is 4.98. The van der Waals surface area contributed by atoms with Gasteiger partial charge in [0.1, 0.15) is 0 Å². The Labute approximate surface area is 178 Å². The van der Waals surface area contributed by atoms with Crippen LogP contribution in [0.15, 0.2) is 72.8 Å². The molecule has 0 saturated carbocycles. The van der Waals surface area contributed by atoms with Crippen LogP contribution in [0.2, 0.25) is 10.0 Å². The summed E-state index contributed by atoms with van der Waals surface area (Å²) in [7, 11) is 0. The van der Waals surface area contributed by atoms with E-state index in [0.717, 1.165) is 23.2 Å². The van der Waals surface area contributed by atoms with E-state index in [-0.39, 0.29) is 11.9 Å². The van der Waals surface area contributed by atoms with Crippen LogP contribution in [0.5, 0.6) is 0 Å². The first kappa shape index (κ1) is 18.3. The number of halogens is 2. The number of hydrogen-bond donors (Lipinski definition) is 1. The Balaban J connectivity index is 1.66. The molecule has 4 aromatic rings. The molecule has 5 heteroatoms. The number of benzene rings is 3. The SMILES string of the molecule is O=C(c1ccc(Cl)cc1Cl)N1CCc2c([nH]c3ccccc23)C1c1ccccc1. The van der Waals surface area contributed by atoms with E-state index in [1.807, 2.05) is 29.2 Å². The van der Waals surface area contributed by atoms with Gasteiger partial charge >= 0.3 is 0 Å². The fourth-order valence-corrected chi connectivity index (χ4v) is 4.75. The van der Waals surface area contributed by atoms with Crippen molar-refractivity contribution >= 4 is 40.0 Å². The van der Waals surface area contributed by atoms with E-state index in [1.165, 1.54) is 10.9 Å². The zero-order valence-corrected chi connectivity index (χ0v) is 17.0. The Hall–Kier alpha value is -2.75. The summed E-state index contributed by atoms with van der Waals surface area (Å²) >= 11 is 12.4. The quantitative estimate of drug-likeness (QED) is 0.407. The van der Waals surface area contributed by atoms with Crippen LogP contribution in [0.1, 0.15) is 33.2 Å². The topological polar surface area (TPSA) is 36.1 Å². The molecule has 1 N–H and O–H groups in total. The molecule has 3 nitrogen and oxygen atoms in total. The molecule has 1 unspecified atom stereocenters. The number of nitrogens with one attached hydrogen (secondary N) is 1. The zero-order chi connectivity index (χ0) is 20.0. The van der Waals surface area contributed by atoms with Crippen LogP contribution >= 0.6 is 23.2 Å².